The van der Waals surface area contributed by atoms with E-state index in [4.69, 9.17) is 9.47 Å². The molecule has 0 bridgehead atoms. The number of aryl methyl sites for hydroxylation is 1. The molecule has 0 fully saturated rings. The quantitative estimate of drug-likeness (QED) is 0.230. The van der Waals surface area contributed by atoms with Gasteiger partial charge in [0.25, 0.3) is 0 Å². The second-order valence-corrected chi connectivity index (χ2v) is 8.24. The molecular formula is C28H28N6O4. The van der Waals surface area contributed by atoms with Gasteiger partial charge in [0.2, 0.25) is 11.9 Å². The van der Waals surface area contributed by atoms with Gasteiger partial charge in [-0.25, -0.2) is 9.78 Å². The summed E-state index contributed by atoms with van der Waals surface area (Å²) < 4.78 is 10.3. The fraction of sp³-hybridized carbons (Fsp3) is 0.143. The number of hydrogen-bond acceptors (Lipinski definition) is 8. The van der Waals surface area contributed by atoms with Crippen LogP contribution in [0.25, 0.3) is 0 Å². The number of benzene rings is 3. The van der Waals surface area contributed by atoms with Crippen LogP contribution in [0.5, 0.6) is 5.75 Å². The van der Waals surface area contributed by atoms with E-state index in [-0.39, 0.29) is 19.1 Å². The van der Waals surface area contributed by atoms with Crippen LogP contribution in [0.15, 0.2) is 84.9 Å². The average molecular weight is 513 g/mol. The van der Waals surface area contributed by atoms with E-state index in [1.807, 2.05) is 67.6 Å². The Balaban J connectivity index is 1.26. The van der Waals surface area contributed by atoms with Crippen LogP contribution >= 0.6 is 0 Å². The smallest absolute Gasteiger partial charge is 0.407 e. The Hall–Kier alpha value is -5.12. The van der Waals surface area contributed by atoms with Gasteiger partial charge in [0.15, 0.2) is 0 Å². The number of ether oxygens (including phenoxy) is 2. The van der Waals surface area contributed by atoms with E-state index in [1.165, 1.54) is 0 Å². The van der Waals surface area contributed by atoms with Gasteiger partial charge in [0.05, 0.1) is 7.11 Å². The van der Waals surface area contributed by atoms with Gasteiger partial charge in [-0.2, -0.15) is 4.98 Å². The molecule has 0 spiro atoms. The highest BCUT2D eigenvalue weighted by Crippen LogP contribution is 2.22. The van der Waals surface area contributed by atoms with Gasteiger partial charge in [-0.05, 0) is 61.0 Å². The number of rotatable bonds is 10. The third-order valence-electron chi connectivity index (χ3n) is 5.25. The minimum Gasteiger partial charge on any atom is -0.497 e. The Morgan fingerprint density at radius 3 is 2.18 bits per heavy atom. The monoisotopic (exact) mass is 512 g/mol. The van der Waals surface area contributed by atoms with E-state index in [1.54, 1.807) is 31.4 Å². The number of alkyl carbamates (subject to hydrolysis) is 1. The summed E-state index contributed by atoms with van der Waals surface area (Å²) in [6.07, 6.45) is -0.664. The number of hydrogen-bond donors (Lipinski definition) is 4. The Morgan fingerprint density at radius 2 is 1.47 bits per heavy atom. The molecule has 1 heterocycles. The minimum absolute atomic E-state index is 0.131. The molecule has 194 valence electrons. The maximum Gasteiger partial charge on any atom is 0.407 e. The van der Waals surface area contributed by atoms with Gasteiger partial charge in [-0.3, -0.25) is 4.79 Å². The first kappa shape index (κ1) is 26.0. The highest BCUT2D eigenvalue weighted by Gasteiger charge is 2.08. The molecule has 2 amide bonds. The summed E-state index contributed by atoms with van der Waals surface area (Å²) in [6, 6.07) is 25.7. The third-order valence-corrected chi connectivity index (χ3v) is 5.25. The summed E-state index contributed by atoms with van der Waals surface area (Å²) in [5, 5.41) is 11.6. The van der Waals surface area contributed by atoms with Crippen LogP contribution in [0.4, 0.5) is 33.6 Å². The van der Waals surface area contributed by atoms with Gasteiger partial charge < -0.3 is 30.7 Å². The molecule has 4 N–H and O–H groups in total. The van der Waals surface area contributed by atoms with Crippen LogP contribution in [0.3, 0.4) is 0 Å². The number of carbonyl (C=O) groups excluding carboxylic acids is 2. The van der Waals surface area contributed by atoms with Crippen molar-refractivity contribution in [2.45, 2.75) is 13.5 Å². The van der Waals surface area contributed by atoms with Crippen LogP contribution in [0.2, 0.25) is 0 Å². The van der Waals surface area contributed by atoms with Crippen molar-refractivity contribution in [2.75, 3.05) is 29.6 Å². The van der Waals surface area contributed by atoms with Crippen LogP contribution in [-0.4, -0.2) is 35.6 Å². The van der Waals surface area contributed by atoms with Crippen molar-refractivity contribution in [1.82, 2.24) is 15.3 Å². The summed E-state index contributed by atoms with van der Waals surface area (Å²) in [4.78, 5) is 33.0. The first-order valence-corrected chi connectivity index (χ1v) is 11.8. The van der Waals surface area contributed by atoms with E-state index in [0.29, 0.717) is 17.5 Å². The van der Waals surface area contributed by atoms with Gasteiger partial charge in [-0.1, -0.05) is 30.3 Å². The zero-order chi connectivity index (χ0) is 26.7. The highest BCUT2D eigenvalue weighted by molar-refractivity contribution is 5.94. The summed E-state index contributed by atoms with van der Waals surface area (Å²) in [5.41, 5.74) is 3.84. The molecule has 10 heteroatoms. The van der Waals surface area contributed by atoms with Crippen molar-refractivity contribution in [3.63, 3.8) is 0 Å². The number of anilines is 5. The number of methoxy groups -OCH3 is 1. The van der Waals surface area contributed by atoms with Crippen LogP contribution < -0.4 is 26.0 Å². The Labute approximate surface area is 220 Å². The van der Waals surface area contributed by atoms with Gasteiger partial charge in [0, 0.05) is 28.8 Å². The van der Waals surface area contributed by atoms with Gasteiger partial charge >= 0.3 is 6.09 Å². The molecule has 0 atom stereocenters. The summed E-state index contributed by atoms with van der Waals surface area (Å²) in [5.74, 6) is 1.47. The Kier molecular flexibility index (Phi) is 8.69. The topological polar surface area (TPSA) is 126 Å². The largest absolute Gasteiger partial charge is 0.497 e. The number of carbonyl (C=O) groups is 2. The number of nitrogens with one attached hydrogen (secondary N) is 4. The van der Waals surface area contributed by atoms with E-state index in [9.17, 15) is 9.59 Å². The number of nitrogens with zero attached hydrogens (tertiary/aromatic N) is 2. The molecule has 4 aromatic rings. The van der Waals surface area contributed by atoms with Crippen LogP contribution in [0, 0.1) is 6.92 Å². The molecule has 0 saturated carbocycles. The van der Waals surface area contributed by atoms with Crippen molar-refractivity contribution < 1.29 is 19.1 Å². The van der Waals surface area contributed by atoms with Gasteiger partial charge in [0.1, 0.15) is 24.7 Å². The van der Waals surface area contributed by atoms with Crippen LogP contribution in [0.1, 0.15) is 11.3 Å². The van der Waals surface area contributed by atoms with E-state index >= 15 is 0 Å². The molecule has 10 nitrogen and oxygen atoms in total. The molecule has 4 rings (SSSR count). The molecular weight excluding hydrogens is 484 g/mol. The van der Waals surface area contributed by atoms with E-state index in [0.717, 1.165) is 28.4 Å². The Morgan fingerprint density at radius 1 is 0.816 bits per heavy atom. The van der Waals surface area contributed by atoms with E-state index in [2.05, 4.69) is 31.2 Å². The molecule has 0 aliphatic carbocycles. The molecule has 0 unspecified atom stereocenters. The lowest BCUT2D eigenvalue weighted by Gasteiger charge is -2.11. The first-order valence-electron chi connectivity index (χ1n) is 11.8. The molecule has 0 aliphatic rings. The van der Waals surface area contributed by atoms with Crippen molar-refractivity contribution in [3.8, 4) is 5.75 Å². The standard InChI is InChI=1S/C28H28N6O4/c1-19-16-25(31-21-12-14-24(37-2)15-13-21)34-27(30-19)33-23-10-8-22(9-11-23)32-26(35)17-29-28(36)38-18-20-6-4-3-5-7-20/h3-16H,17-18H2,1-2H3,(H,29,36)(H,32,35)(H2,30,31,33,34). The maximum absolute atomic E-state index is 12.2. The molecule has 3 aromatic carbocycles. The summed E-state index contributed by atoms with van der Waals surface area (Å²) in [6.45, 7) is 1.80. The highest BCUT2D eigenvalue weighted by atomic mass is 16.5. The zero-order valence-electron chi connectivity index (χ0n) is 21.0. The second kappa shape index (κ2) is 12.7. The van der Waals surface area contributed by atoms with E-state index < -0.39 is 6.09 Å². The first-order chi connectivity index (χ1) is 18.5. The fourth-order valence-electron chi connectivity index (χ4n) is 3.41. The van der Waals surface area contributed by atoms with Crippen molar-refractivity contribution in [1.29, 1.82) is 0 Å². The van der Waals surface area contributed by atoms with Crippen LogP contribution in [-0.2, 0) is 16.1 Å². The Bertz CT molecular complexity index is 1360. The third kappa shape index (κ3) is 7.95. The molecule has 0 aliphatic heterocycles. The SMILES string of the molecule is COc1ccc(Nc2cc(C)nc(Nc3ccc(NC(=O)CNC(=O)OCc4ccccc4)cc3)n2)cc1. The predicted octanol–water partition coefficient (Wildman–Crippen LogP) is 5.15. The summed E-state index contributed by atoms with van der Waals surface area (Å²) >= 11 is 0. The summed E-state index contributed by atoms with van der Waals surface area (Å²) in [7, 11) is 1.62. The van der Waals surface area contributed by atoms with Crippen molar-refractivity contribution >= 4 is 40.8 Å². The number of aromatic nitrogens is 2. The lowest BCUT2D eigenvalue weighted by atomic mass is 10.2. The van der Waals surface area contributed by atoms with Crippen molar-refractivity contribution in [3.05, 3.63) is 96.2 Å². The zero-order valence-corrected chi connectivity index (χ0v) is 21.0. The molecule has 0 radical (unpaired) electrons. The fourth-order valence-corrected chi connectivity index (χ4v) is 3.41. The predicted molar refractivity (Wildman–Crippen MR) is 146 cm³/mol. The van der Waals surface area contributed by atoms with Gasteiger partial charge in [-0.15, -0.1) is 0 Å². The average Bonchev–Trinajstić information content (AvgIpc) is 2.92. The second-order valence-electron chi connectivity index (χ2n) is 8.24. The normalized spacial score (nSPS) is 10.3. The lowest BCUT2D eigenvalue weighted by Crippen LogP contribution is -2.33. The van der Waals surface area contributed by atoms with Crippen molar-refractivity contribution in [2.24, 2.45) is 0 Å². The molecule has 1 aromatic heterocycles. The minimum atomic E-state index is -0.664. The molecule has 38 heavy (non-hydrogen) atoms. The number of amides is 2. The lowest BCUT2D eigenvalue weighted by molar-refractivity contribution is -0.115. The molecule has 0 saturated heterocycles. The maximum atomic E-state index is 12.2.